The molecule has 0 aliphatic rings. The van der Waals surface area contributed by atoms with Crippen molar-refractivity contribution in [2.75, 3.05) is 37.0 Å². The molecule has 0 unspecified atom stereocenters. The van der Waals surface area contributed by atoms with Crippen LogP contribution in [0.2, 0.25) is 0 Å². The van der Waals surface area contributed by atoms with Crippen LogP contribution in [0, 0.1) is 83.1 Å². The number of nitrogens with zero attached hydrogens (tertiary/aromatic N) is 2. The van der Waals surface area contributed by atoms with Gasteiger partial charge < -0.3 is 29.8 Å². The van der Waals surface area contributed by atoms with Gasteiger partial charge in [0, 0.05) is 51.7 Å². The zero-order valence-corrected chi connectivity index (χ0v) is 31.6. The molecule has 0 amide bonds. The van der Waals surface area contributed by atoms with E-state index < -0.39 is 0 Å². The number of aryl methyl sites for hydroxylation is 2. The number of anilines is 2. The minimum atomic E-state index is 0. The summed E-state index contributed by atoms with van der Waals surface area (Å²) in [6.07, 6.45) is 0. The first-order valence-electron chi connectivity index (χ1n) is 14.7. The van der Waals surface area contributed by atoms with Crippen molar-refractivity contribution in [1.29, 1.82) is 0 Å². The summed E-state index contributed by atoms with van der Waals surface area (Å²) in [4.78, 5) is 4.38. The van der Waals surface area contributed by atoms with Crippen LogP contribution in [0.15, 0.2) is 72.8 Å². The zero-order valence-electron chi connectivity index (χ0n) is 29.1. The Morgan fingerprint density at radius 3 is 0.955 bits per heavy atom. The molecule has 2 N–H and O–H groups in total. The fraction of sp³-hybridized carbons (Fsp3) is 0.300. The predicted octanol–water partition coefficient (Wildman–Crippen LogP) is 10.8. The fourth-order valence-corrected chi connectivity index (χ4v) is 4.37. The minimum absolute atomic E-state index is 0. The standard InChI is InChI=1S/2C13H20N.2C7H7.H2N.Zr/c2*1-7-14(6)13-8-9(2)10(3)11(4)12(13)5;2*1-7-5-3-2-4-6-7;;/h2*8H,1,7H2,2-6H3;2*2-6H,1H2;1H2;/q5*-1;. The molecule has 0 fully saturated rings. The van der Waals surface area contributed by atoms with Gasteiger partial charge >= 0.3 is 0 Å². The maximum atomic E-state index is 3.91. The van der Waals surface area contributed by atoms with E-state index in [1.165, 1.54) is 55.9 Å². The van der Waals surface area contributed by atoms with Crippen LogP contribution in [-0.4, -0.2) is 27.2 Å². The Hall–Kier alpha value is -2.94. The van der Waals surface area contributed by atoms with Crippen molar-refractivity contribution >= 4 is 11.4 Å². The molecule has 0 radical (unpaired) electrons. The third kappa shape index (κ3) is 13.4. The van der Waals surface area contributed by atoms with Crippen LogP contribution in [0.1, 0.15) is 55.6 Å². The normalized spacial score (nSPS) is 9.36. The van der Waals surface area contributed by atoms with Gasteiger partial charge in [0.1, 0.15) is 0 Å². The molecule has 0 aromatic heterocycles. The topological polar surface area (TPSA) is 40.0 Å². The molecule has 0 heterocycles. The van der Waals surface area contributed by atoms with Crippen LogP contribution in [0.5, 0.6) is 0 Å². The van der Waals surface area contributed by atoms with Crippen LogP contribution in [0.25, 0.3) is 6.15 Å². The van der Waals surface area contributed by atoms with E-state index in [0.29, 0.717) is 0 Å². The first-order valence-corrected chi connectivity index (χ1v) is 14.7. The van der Waals surface area contributed by atoms with Gasteiger partial charge in [0.15, 0.2) is 0 Å². The first kappa shape index (κ1) is 43.2. The second kappa shape index (κ2) is 21.7. The van der Waals surface area contributed by atoms with Gasteiger partial charge in [-0.1, -0.05) is 12.1 Å². The quantitative estimate of drug-likeness (QED) is 0.203. The van der Waals surface area contributed by atoms with Gasteiger partial charge in [-0.15, -0.1) is 37.4 Å². The van der Waals surface area contributed by atoms with Crippen molar-refractivity contribution in [3.8, 4) is 0 Å². The van der Waals surface area contributed by atoms with Crippen LogP contribution >= 0.6 is 0 Å². The maximum Gasteiger partial charge on any atom is 0.0374 e. The molecule has 0 aliphatic heterocycles. The average Bonchev–Trinajstić information content (AvgIpc) is 2.99. The summed E-state index contributed by atoms with van der Waals surface area (Å²) in [7, 11) is 4.17. The number of benzene rings is 4. The second-order valence-corrected chi connectivity index (χ2v) is 11.0. The summed E-state index contributed by atoms with van der Waals surface area (Å²) in [6, 6.07) is 24.3. The monoisotopic (exact) mass is 668 g/mol. The summed E-state index contributed by atoms with van der Waals surface area (Å²) in [5.74, 6) is 0. The second-order valence-electron chi connectivity index (χ2n) is 11.0. The molecular weight excluding hydrogens is 614 g/mol. The van der Waals surface area contributed by atoms with Crippen molar-refractivity contribution in [1.82, 2.24) is 0 Å². The summed E-state index contributed by atoms with van der Waals surface area (Å²) >= 11 is 0. The molecule has 0 spiro atoms. The number of hydrogen-bond acceptors (Lipinski definition) is 2. The Morgan fingerprint density at radius 1 is 0.477 bits per heavy atom. The van der Waals surface area contributed by atoms with Crippen molar-refractivity contribution in [3.63, 3.8) is 0 Å². The molecule has 3 nitrogen and oxygen atoms in total. The Kier molecular flexibility index (Phi) is 21.3. The Morgan fingerprint density at radius 2 is 0.750 bits per heavy atom. The van der Waals surface area contributed by atoms with Crippen molar-refractivity contribution < 1.29 is 26.2 Å². The van der Waals surface area contributed by atoms with Crippen LogP contribution in [0.3, 0.4) is 0 Å². The van der Waals surface area contributed by atoms with E-state index in [-0.39, 0.29) is 32.4 Å². The van der Waals surface area contributed by atoms with Gasteiger partial charge in [0.2, 0.25) is 0 Å². The minimum Gasteiger partial charge on any atom is -0.693 e. The smallest absolute Gasteiger partial charge is 0.0374 e. The zero-order chi connectivity index (χ0) is 32.0. The third-order valence-corrected chi connectivity index (χ3v) is 8.09. The van der Waals surface area contributed by atoms with Crippen molar-refractivity contribution in [3.05, 3.63) is 162 Å². The van der Waals surface area contributed by atoms with E-state index in [2.05, 4.69) is 119 Å². The fourth-order valence-electron chi connectivity index (χ4n) is 4.37. The molecule has 0 atom stereocenters. The average molecular weight is 670 g/mol. The summed E-state index contributed by atoms with van der Waals surface area (Å²) < 4.78 is 0. The van der Waals surface area contributed by atoms with E-state index in [1.54, 1.807) is 0 Å². The maximum absolute atomic E-state index is 3.91. The summed E-state index contributed by atoms with van der Waals surface area (Å²) in [5.41, 5.74) is 15.9. The molecule has 44 heavy (non-hydrogen) atoms. The van der Waals surface area contributed by atoms with E-state index in [0.717, 1.165) is 24.2 Å². The molecule has 4 rings (SSSR count). The predicted molar refractivity (Wildman–Crippen MR) is 195 cm³/mol. The van der Waals surface area contributed by atoms with E-state index in [9.17, 15) is 0 Å². The van der Waals surface area contributed by atoms with Gasteiger partial charge in [-0.05, 0) is 112 Å². The third-order valence-electron chi connectivity index (χ3n) is 8.09. The Balaban J connectivity index is 0. The van der Waals surface area contributed by atoms with Gasteiger partial charge in [0.05, 0.1) is 0 Å². The number of rotatable bonds is 4. The molecule has 0 aliphatic carbocycles. The number of nitrogens with two attached hydrogens (primary N) is 1. The Labute approximate surface area is 290 Å². The molecule has 4 aromatic carbocycles. The molecule has 0 saturated heterocycles. The van der Waals surface area contributed by atoms with Crippen LogP contribution < -0.4 is 9.80 Å². The van der Waals surface area contributed by atoms with Crippen LogP contribution in [0.4, 0.5) is 11.4 Å². The van der Waals surface area contributed by atoms with Crippen molar-refractivity contribution in [2.45, 2.75) is 55.4 Å². The first-order chi connectivity index (χ1) is 19.8. The van der Waals surface area contributed by atoms with E-state index in [1.807, 2.05) is 60.7 Å². The van der Waals surface area contributed by atoms with Gasteiger partial charge in [-0.2, -0.15) is 49.2 Å². The molecule has 0 saturated carbocycles. The molecule has 240 valence electrons. The SMILES string of the molecule is [CH2-]CN(C)c1cc(C)c(C)c(C)c1C.[CH2-]CN(C)c1cc(C)c(C)c(C)c1C.[CH2-]c1ccccc1.[CH2-]c1ccccc1.[NH2-].[Zr]. The van der Waals surface area contributed by atoms with Crippen LogP contribution in [-0.2, 0) is 26.2 Å². The number of hydrogen-bond donors (Lipinski definition) is 0. The molecule has 4 heteroatoms. The van der Waals surface area contributed by atoms with Gasteiger partial charge in [-0.25, -0.2) is 0 Å². The molecular formula is C40H56N3Zr-5. The summed E-state index contributed by atoms with van der Waals surface area (Å²) in [5, 5.41) is 0. The Bertz CT molecular complexity index is 1260. The van der Waals surface area contributed by atoms with Gasteiger partial charge in [-0.3, -0.25) is 0 Å². The summed E-state index contributed by atoms with van der Waals surface area (Å²) in [6.45, 7) is 34.3. The van der Waals surface area contributed by atoms with E-state index >= 15 is 0 Å². The van der Waals surface area contributed by atoms with Gasteiger partial charge in [0.25, 0.3) is 0 Å². The van der Waals surface area contributed by atoms with Crippen molar-refractivity contribution in [2.24, 2.45) is 0 Å². The largest absolute Gasteiger partial charge is 0.693 e. The van der Waals surface area contributed by atoms with E-state index in [4.69, 9.17) is 0 Å². The molecule has 4 aromatic rings. The molecule has 0 bridgehead atoms.